The van der Waals surface area contributed by atoms with Gasteiger partial charge in [0.15, 0.2) is 15.6 Å². The van der Waals surface area contributed by atoms with Gasteiger partial charge in [0.2, 0.25) is 0 Å². The molecule has 2 N–H and O–H groups in total. The van der Waals surface area contributed by atoms with Gasteiger partial charge < -0.3 is 24.2 Å². The standard InChI is InChI=1S/C21H24F3NO7S/c1-20(2)29-11-14(12-30-20)17(25-26)13-33(27,28)19-6-4-3-5-18(19)31-15-7-9-16(10-8-15)32-21(22,23)24/h3-10,14,17,25-26H,11-13H2,1-2H3. The molecule has 1 heterocycles. The molecule has 2 aromatic carbocycles. The molecular formula is C21H24F3NO7S. The van der Waals surface area contributed by atoms with Crippen LogP contribution in [0.4, 0.5) is 13.2 Å². The normalized spacial score (nSPS) is 18.0. The first kappa shape index (κ1) is 25.2. The Kier molecular flexibility index (Phi) is 7.54. The first-order chi connectivity index (χ1) is 15.4. The lowest BCUT2D eigenvalue weighted by Gasteiger charge is -2.37. The van der Waals surface area contributed by atoms with Gasteiger partial charge in [-0.25, -0.2) is 13.9 Å². The van der Waals surface area contributed by atoms with Crippen LogP contribution >= 0.6 is 0 Å². The molecule has 1 unspecified atom stereocenters. The molecule has 1 atom stereocenters. The highest BCUT2D eigenvalue weighted by Gasteiger charge is 2.36. The third-order valence-electron chi connectivity index (χ3n) is 4.89. The van der Waals surface area contributed by atoms with Crippen molar-refractivity contribution in [1.82, 2.24) is 5.48 Å². The van der Waals surface area contributed by atoms with Gasteiger partial charge in [-0.05, 0) is 50.2 Å². The van der Waals surface area contributed by atoms with Crippen molar-refractivity contribution in [2.75, 3.05) is 19.0 Å². The minimum absolute atomic E-state index is 0.0176. The number of nitrogens with one attached hydrogen (secondary N) is 1. The molecule has 1 aliphatic heterocycles. The molecule has 3 rings (SSSR count). The van der Waals surface area contributed by atoms with E-state index in [1.54, 1.807) is 19.9 Å². The van der Waals surface area contributed by atoms with Gasteiger partial charge in [0.05, 0.1) is 25.0 Å². The zero-order valence-corrected chi connectivity index (χ0v) is 18.7. The van der Waals surface area contributed by atoms with Crippen molar-refractivity contribution >= 4 is 9.84 Å². The van der Waals surface area contributed by atoms with Crippen LogP contribution in [0.1, 0.15) is 13.8 Å². The molecule has 0 amide bonds. The number of sulfone groups is 1. The highest BCUT2D eigenvalue weighted by atomic mass is 32.2. The summed E-state index contributed by atoms with van der Waals surface area (Å²) in [6, 6.07) is 9.51. The summed E-state index contributed by atoms with van der Waals surface area (Å²) in [7, 11) is -3.96. The Morgan fingerprint density at radius 1 is 1.09 bits per heavy atom. The lowest BCUT2D eigenvalue weighted by Crippen LogP contribution is -2.49. The maximum absolute atomic E-state index is 13.1. The monoisotopic (exact) mass is 491 g/mol. The minimum Gasteiger partial charge on any atom is -0.456 e. The summed E-state index contributed by atoms with van der Waals surface area (Å²) >= 11 is 0. The second-order valence-corrected chi connectivity index (χ2v) is 9.87. The molecule has 0 spiro atoms. The van der Waals surface area contributed by atoms with Crippen LogP contribution in [0.2, 0.25) is 0 Å². The molecule has 2 aromatic rings. The first-order valence-electron chi connectivity index (χ1n) is 9.91. The van der Waals surface area contributed by atoms with E-state index in [2.05, 4.69) is 4.74 Å². The van der Waals surface area contributed by atoms with Crippen molar-refractivity contribution < 1.29 is 45.7 Å². The average Bonchev–Trinajstić information content (AvgIpc) is 2.73. The van der Waals surface area contributed by atoms with Gasteiger partial charge >= 0.3 is 6.36 Å². The highest BCUT2D eigenvalue weighted by molar-refractivity contribution is 7.91. The van der Waals surface area contributed by atoms with Gasteiger partial charge in [-0.2, -0.15) is 0 Å². The predicted octanol–water partition coefficient (Wildman–Crippen LogP) is 3.90. The number of para-hydroxylation sites is 1. The molecule has 0 radical (unpaired) electrons. The fraction of sp³-hybridized carbons (Fsp3) is 0.429. The molecule has 0 bridgehead atoms. The largest absolute Gasteiger partial charge is 0.573 e. The zero-order valence-electron chi connectivity index (χ0n) is 17.8. The summed E-state index contributed by atoms with van der Waals surface area (Å²) in [4.78, 5) is -0.140. The number of rotatable bonds is 8. The van der Waals surface area contributed by atoms with Crippen molar-refractivity contribution in [3.63, 3.8) is 0 Å². The van der Waals surface area contributed by atoms with Crippen molar-refractivity contribution in [3.8, 4) is 17.2 Å². The van der Waals surface area contributed by atoms with Gasteiger partial charge in [0.25, 0.3) is 0 Å². The van der Waals surface area contributed by atoms with E-state index < -0.39 is 45.4 Å². The van der Waals surface area contributed by atoms with E-state index in [1.165, 1.54) is 30.3 Å². The van der Waals surface area contributed by atoms with Crippen molar-refractivity contribution in [3.05, 3.63) is 48.5 Å². The van der Waals surface area contributed by atoms with Gasteiger partial charge in [-0.1, -0.05) is 12.1 Å². The number of hydrogen-bond donors (Lipinski definition) is 2. The van der Waals surface area contributed by atoms with Crippen LogP contribution in [-0.2, 0) is 19.3 Å². The predicted molar refractivity (Wildman–Crippen MR) is 110 cm³/mol. The molecule has 8 nitrogen and oxygen atoms in total. The van der Waals surface area contributed by atoms with E-state index in [1.807, 2.05) is 5.48 Å². The minimum atomic E-state index is -4.83. The average molecular weight is 491 g/mol. The zero-order chi connectivity index (χ0) is 24.3. The molecule has 0 aromatic heterocycles. The van der Waals surface area contributed by atoms with Crippen LogP contribution in [0.3, 0.4) is 0 Å². The molecular weight excluding hydrogens is 467 g/mol. The fourth-order valence-electron chi connectivity index (χ4n) is 3.17. The van der Waals surface area contributed by atoms with Gasteiger partial charge in [-0.3, -0.25) is 0 Å². The van der Waals surface area contributed by atoms with Crippen molar-refractivity contribution in [2.45, 2.75) is 36.9 Å². The van der Waals surface area contributed by atoms with E-state index >= 15 is 0 Å². The molecule has 182 valence electrons. The van der Waals surface area contributed by atoms with Crippen LogP contribution in [-0.4, -0.2) is 50.8 Å². The van der Waals surface area contributed by atoms with Gasteiger partial charge in [0.1, 0.15) is 22.1 Å². The molecule has 1 aliphatic rings. The Morgan fingerprint density at radius 2 is 1.67 bits per heavy atom. The summed E-state index contributed by atoms with van der Waals surface area (Å²) in [6.45, 7) is 3.84. The Balaban J connectivity index is 1.75. The number of halogens is 3. The Labute approximate surface area is 189 Å². The van der Waals surface area contributed by atoms with Gasteiger partial charge in [-0.15, -0.1) is 13.2 Å². The molecule has 0 saturated carbocycles. The molecule has 33 heavy (non-hydrogen) atoms. The van der Waals surface area contributed by atoms with Crippen LogP contribution in [0.5, 0.6) is 17.2 Å². The highest BCUT2D eigenvalue weighted by Crippen LogP contribution is 2.32. The Bertz CT molecular complexity index is 1030. The molecule has 1 fully saturated rings. The first-order valence-corrected chi connectivity index (χ1v) is 11.6. The molecule has 0 aliphatic carbocycles. The van der Waals surface area contributed by atoms with E-state index in [9.17, 15) is 26.8 Å². The van der Waals surface area contributed by atoms with Crippen LogP contribution in [0.15, 0.2) is 53.4 Å². The van der Waals surface area contributed by atoms with Crippen molar-refractivity contribution in [1.29, 1.82) is 0 Å². The van der Waals surface area contributed by atoms with Crippen LogP contribution in [0, 0.1) is 5.92 Å². The summed E-state index contributed by atoms with van der Waals surface area (Å²) < 4.78 is 83.8. The van der Waals surface area contributed by atoms with E-state index in [4.69, 9.17) is 14.2 Å². The van der Waals surface area contributed by atoms with E-state index in [-0.39, 0.29) is 29.6 Å². The summed E-state index contributed by atoms with van der Waals surface area (Å²) in [5.74, 6) is -2.03. The number of ether oxygens (including phenoxy) is 4. The van der Waals surface area contributed by atoms with E-state index in [0.29, 0.717) is 0 Å². The topological polar surface area (TPSA) is 103 Å². The van der Waals surface area contributed by atoms with Crippen LogP contribution < -0.4 is 15.0 Å². The lowest BCUT2D eigenvalue weighted by atomic mass is 10.0. The number of benzene rings is 2. The fourth-order valence-corrected chi connectivity index (χ4v) is 4.87. The summed E-state index contributed by atoms with van der Waals surface area (Å²) in [6.07, 6.45) is -4.83. The van der Waals surface area contributed by atoms with Gasteiger partial charge in [0, 0.05) is 5.92 Å². The number of alkyl halides is 3. The maximum atomic E-state index is 13.1. The molecule has 12 heteroatoms. The summed E-state index contributed by atoms with van der Waals surface area (Å²) in [5.41, 5.74) is 2.03. The van der Waals surface area contributed by atoms with Crippen molar-refractivity contribution in [2.24, 2.45) is 5.92 Å². The number of hydroxylamine groups is 1. The lowest BCUT2D eigenvalue weighted by molar-refractivity contribution is -0.274. The third-order valence-corrected chi connectivity index (χ3v) is 6.70. The molecule has 1 saturated heterocycles. The third kappa shape index (κ3) is 7.05. The summed E-state index contributed by atoms with van der Waals surface area (Å²) in [5, 5.41) is 9.58. The van der Waals surface area contributed by atoms with Crippen LogP contribution in [0.25, 0.3) is 0 Å². The smallest absolute Gasteiger partial charge is 0.456 e. The maximum Gasteiger partial charge on any atom is 0.573 e. The second kappa shape index (κ2) is 9.85. The Morgan fingerprint density at radius 3 is 2.24 bits per heavy atom. The Hall–Kier alpha value is -2.38. The second-order valence-electron chi connectivity index (χ2n) is 7.87. The quantitative estimate of drug-likeness (QED) is 0.536. The van der Waals surface area contributed by atoms with E-state index in [0.717, 1.165) is 12.1 Å². The number of hydrogen-bond acceptors (Lipinski definition) is 8. The SMILES string of the molecule is CC1(C)OCC(C(CS(=O)(=O)c2ccccc2Oc2ccc(OC(F)(F)F)cc2)NO)CO1.